The maximum absolute atomic E-state index is 11.6. The molecule has 2 aliphatic rings. The fourth-order valence-corrected chi connectivity index (χ4v) is 1.51. The number of rotatable bonds is 0. The van der Waals surface area contributed by atoms with Crippen molar-refractivity contribution in [2.45, 2.75) is 5.72 Å². The summed E-state index contributed by atoms with van der Waals surface area (Å²) in [7, 11) is 2.83. The summed E-state index contributed by atoms with van der Waals surface area (Å²) in [6.07, 6.45) is -0.745. The Morgan fingerprint density at radius 2 is 2.00 bits per heavy atom. The molecule has 0 aromatic heterocycles. The third kappa shape index (κ3) is 0.889. The van der Waals surface area contributed by atoms with Crippen LogP contribution in [0.4, 0.5) is 9.59 Å². The van der Waals surface area contributed by atoms with Crippen molar-refractivity contribution in [3.05, 3.63) is 0 Å². The van der Waals surface area contributed by atoms with E-state index in [2.05, 4.69) is 5.32 Å². The van der Waals surface area contributed by atoms with Crippen LogP contribution in [0.15, 0.2) is 0 Å². The lowest BCUT2D eigenvalue weighted by atomic mass is 10.2. The predicted octanol–water partition coefficient (Wildman–Crippen LogP) is -1.05. The van der Waals surface area contributed by atoms with Crippen molar-refractivity contribution in [3.8, 4) is 0 Å². The summed E-state index contributed by atoms with van der Waals surface area (Å²) in [5.41, 5.74) is -1.50. The van der Waals surface area contributed by atoms with Crippen molar-refractivity contribution >= 4 is 18.0 Å². The summed E-state index contributed by atoms with van der Waals surface area (Å²) in [6, 6.07) is -0.429. The molecule has 2 rings (SSSR count). The van der Waals surface area contributed by atoms with Gasteiger partial charge in [-0.2, -0.15) is 0 Å². The molecule has 2 saturated heterocycles. The van der Waals surface area contributed by atoms with E-state index >= 15 is 0 Å². The molecule has 7 nitrogen and oxygen atoms in total. The Bertz CT molecular complexity index is 338. The molecule has 0 aliphatic carbocycles. The summed E-state index contributed by atoms with van der Waals surface area (Å²) < 4.78 is 4.84. The quantitative estimate of drug-likeness (QED) is 0.539. The number of ether oxygens (including phenoxy) is 1. The average Bonchev–Trinajstić information content (AvgIpc) is 2.49. The highest BCUT2D eigenvalue weighted by molar-refractivity contribution is 6.05. The number of nitrogens with zero attached hydrogens (tertiary/aromatic N) is 2. The predicted molar refractivity (Wildman–Crippen MR) is 43.1 cm³/mol. The first kappa shape index (κ1) is 8.79. The minimum Gasteiger partial charge on any atom is -0.411 e. The number of carbonyl (C=O) groups is 3. The maximum Gasteiger partial charge on any atom is 0.419 e. The fourth-order valence-electron chi connectivity index (χ4n) is 1.51. The molecule has 0 aromatic carbocycles. The van der Waals surface area contributed by atoms with Crippen molar-refractivity contribution in [2.75, 3.05) is 20.6 Å². The minimum absolute atomic E-state index is 0.0424. The smallest absolute Gasteiger partial charge is 0.411 e. The zero-order valence-electron chi connectivity index (χ0n) is 7.73. The number of carbonyl (C=O) groups excluding carboxylic acids is 3. The van der Waals surface area contributed by atoms with Crippen LogP contribution in [0.5, 0.6) is 0 Å². The number of amides is 4. The molecule has 1 spiro atoms. The Labute approximate surface area is 79.6 Å². The van der Waals surface area contributed by atoms with Gasteiger partial charge in [-0.05, 0) is 0 Å². The third-order valence-electron chi connectivity index (χ3n) is 2.30. The molecule has 1 unspecified atom stereocenters. The molecule has 7 heteroatoms. The van der Waals surface area contributed by atoms with Crippen molar-refractivity contribution < 1.29 is 19.1 Å². The van der Waals surface area contributed by atoms with Crippen LogP contribution in [-0.4, -0.2) is 54.2 Å². The molecule has 1 atom stereocenters. The third-order valence-corrected chi connectivity index (χ3v) is 2.30. The minimum atomic E-state index is -1.50. The molecule has 4 amide bonds. The topological polar surface area (TPSA) is 79.0 Å². The monoisotopic (exact) mass is 199 g/mol. The molecular weight excluding hydrogens is 190 g/mol. The number of nitrogens with one attached hydrogen (secondary N) is 1. The summed E-state index contributed by atoms with van der Waals surface area (Å²) in [5.74, 6) is -0.541. The first-order chi connectivity index (χ1) is 6.46. The SMILES string of the molecule is CN1CC2(NC1=O)OC(=O)N(C)C2=O. The second kappa shape index (κ2) is 2.37. The number of urea groups is 1. The lowest BCUT2D eigenvalue weighted by molar-refractivity contribution is -0.136. The summed E-state index contributed by atoms with van der Waals surface area (Å²) in [6.45, 7) is 0.0424. The van der Waals surface area contributed by atoms with Gasteiger partial charge in [0.15, 0.2) is 0 Å². The van der Waals surface area contributed by atoms with Gasteiger partial charge in [-0.1, -0.05) is 0 Å². The van der Waals surface area contributed by atoms with E-state index in [0.717, 1.165) is 4.90 Å². The lowest BCUT2D eigenvalue weighted by Gasteiger charge is -2.16. The second-order valence-corrected chi connectivity index (χ2v) is 3.35. The first-order valence-electron chi connectivity index (χ1n) is 4.01. The molecule has 2 aliphatic heterocycles. The van der Waals surface area contributed by atoms with Crippen molar-refractivity contribution in [1.82, 2.24) is 15.1 Å². The Morgan fingerprint density at radius 3 is 2.36 bits per heavy atom. The molecule has 0 bridgehead atoms. The number of hydrogen-bond donors (Lipinski definition) is 1. The van der Waals surface area contributed by atoms with Crippen LogP contribution < -0.4 is 5.32 Å². The van der Waals surface area contributed by atoms with Crippen LogP contribution in [0.25, 0.3) is 0 Å². The Hall–Kier alpha value is -1.79. The number of likely N-dealkylation sites (N-methyl/N-ethyl adjacent to an activating group) is 2. The Morgan fingerprint density at radius 1 is 1.36 bits per heavy atom. The van der Waals surface area contributed by atoms with Crippen molar-refractivity contribution in [3.63, 3.8) is 0 Å². The molecule has 1 N–H and O–H groups in total. The van der Waals surface area contributed by atoms with Gasteiger partial charge in [0, 0.05) is 14.1 Å². The Balaban J connectivity index is 2.32. The molecule has 0 aromatic rings. The molecule has 2 heterocycles. The van der Waals surface area contributed by atoms with E-state index in [4.69, 9.17) is 4.74 Å². The highest BCUT2D eigenvalue weighted by atomic mass is 16.6. The fraction of sp³-hybridized carbons (Fsp3) is 0.571. The molecule has 14 heavy (non-hydrogen) atoms. The van der Waals surface area contributed by atoms with Crippen LogP contribution in [0.1, 0.15) is 0 Å². The molecule has 2 fully saturated rings. The van der Waals surface area contributed by atoms with Gasteiger partial charge < -0.3 is 9.64 Å². The summed E-state index contributed by atoms with van der Waals surface area (Å²) >= 11 is 0. The highest BCUT2D eigenvalue weighted by Crippen LogP contribution is 2.25. The number of imide groups is 1. The average molecular weight is 199 g/mol. The largest absolute Gasteiger partial charge is 0.419 e. The molecular formula is C7H9N3O4. The van der Waals surface area contributed by atoms with Crippen molar-refractivity contribution in [1.29, 1.82) is 0 Å². The lowest BCUT2D eigenvalue weighted by Crippen LogP contribution is -2.51. The van der Waals surface area contributed by atoms with Gasteiger partial charge in [-0.25, -0.2) is 14.5 Å². The van der Waals surface area contributed by atoms with E-state index in [9.17, 15) is 14.4 Å². The first-order valence-corrected chi connectivity index (χ1v) is 4.01. The van der Waals surface area contributed by atoms with Crippen LogP contribution in [0.2, 0.25) is 0 Å². The van der Waals surface area contributed by atoms with Crippen LogP contribution >= 0.6 is 0 Å². The standard InChI is InChI=1S/C7H9N3O4/c1-9-3-7(8-5(9)12)4(11)10(2)6(13)14-7/h3H2,1-2H3,(H,8,12). The summed E-state index contributed by atoms with van der Waals surface area (Å²) in [5, 5.41) is 2.34. The normalized spacial score (nSPS) is 31.4. The van der Waals surface area contributed by atoms with Gasteiger partial charge in [0.2, 0.25) is 0 Å². The zero-order chi connectivity index (χ0) is 10.5. The van der Waals surface area contributed by atoms with Crippen LogP contribution in [-0.2, 0) is 9.53 Å². The van der Waals surface area contributed by atoms with Gasteiger partial charge in [0.1, 0.15) is 0 Å². The van der Waals surface area contributed by atoms with Gasteiger partial charge >= 0.3 is 12.1 Å². The zero-order valence-corrected chi connectivity index (χ0v) is 7.73. The van der Waals surface area contributed by atoms with Crippen molar-refractivity contribution in [2.24, 2.45) is 0 Å². The van der Waals surface area contributed by atoms with E-state index in [1.807, 2.05) is 0 Å². The second-order valence-electron chi connectivity index (χ2n) is 3.35. The van der Waals surface area contributed by atoms with Crippen LogP contribution in [0, 0.1) is 0 Å². The van der Waals surface area contributed by atoms with E-state index in [1.165, 1.54) is 19.0 Å². The van der Waals surface area contributed by atoms with Gasteiger partial charge in [0.25, 0.3) is 11.6 Å². The van der Waals surface area contributed by atoms with Crippen LogP contribution in [0.3, 0.4) is 0 Å². The number of hydrogen-bond acceptors (Lipinski definition) is 4. The Kier molecular flexibility index (Phi) is 1.49. The highest BCUT2D eigenvalue weighted by Gasteiger charge is 2.58. The molecule has 76 valence electrons. The van der Waals surface area contributed by atoms with Gasteiger partial charge in [-0.15, -0.1) is 0 Å². The molecule has 0 saturated carbocycles. The summed E-state index contributed by atoms with van der Waals surface area (Å²) in [4.78, 5) is 35.9. The molecule has 0 radical (unpaired) electrons. The van der Waals surface area contributed by atoms with E-state index < -0.39 is 23.8 Å². The van der Waals surface area contributed by atoms with E-state index in [-0.39, 0.29) is 6.54 Å². The van der Waals surface area contributed by atoms with Gasteiger partial charge in [0.05, 0.1) is 6.54 Å². The van der Waals surface area contributed by atoms with E-state index in [1.54, 1.807) is 0 Å². The van der Waals surface area contributed by atoms with Gasteiger partial charge in [-0.3, -0.25) is 10.1 Å². The maximum atomic E-state index is 11.6. The van der Waals surface area contributed by atoms with E-state index in [0.29, 0.717) is 0 Å².